The molecule has 3 heterocycles. The van der Waals surface area contributed by atoms with Crippen molar-refractivity contribution in [2.45, 2.75) is 199 Å². The Balaban J connectivity index is 1.43. The molecule has 3 N–H and O–H groups in total. The number of halogens is 4. The average molecular weight is 1410 g/mol. The second kappa shape index (κ2) is 35.0. The van der Waals surface area contributed by atoms with E-state index in [1.807, 2.05) is 39.8 Å². The van der Waals surface area contributed by atoms with E-state index in [4.69, 9.17) is 11.6 Å². The van der Waals surface area contributed by atoms with Crippen molar-refractivity contribution in [1.82, 2.24) is 60.0 Å². The largest absolute Gasteiger partial charge is 0.417 e. The summed E-state index contributed by atoms with van der Waals surface area (Å²) in [5.74, 6) is -9.52. The molecule has 548 valence electrons. The van der Waals surface area contributed by atoms with Gasteiger partial charge in [0, 0.05) is 75.4 Å². The van der Waals surface area contributed by atoms with Crippen molar-refractivity contribution in [3.63, 3.8) is 0 Å². The summed E-state index contributed by atoms with van der Waals surface area (Å²) >= 11 is 6.14. The van der Waals surface area contributed by atoms with Gasteiger partial charge in [-0.1, -0.05) is 108 Å². The Morgan fingerprint density at radius 3 is 1.87 bits per heavy atom. The third kappa shape index (κ3) is 20.2. The van der Waals surface area contributed by atoms with E-state index in [0.29, 0.717) is 57.2 Å². The number of nitrogens with zero attached hydrogens (tertiary/aromatic N) is 9. The van der Waals surface area contributed by atoms with Gasteiger partial charge in [0.2, 0.25) is 70.9 Å². The van der Waals surface area contributed by atoms with Crippen molar-refractivity contribution in [3.8, 4) is 0 Å². The zero-order valence-corrected chi connectivity index (χ0v) is 60.9. The second-order valence-electron chi connectivity index (χ2n) is 28.5. The van der Waals surface area contributed by atoms with Crippen LogP contribution in [0.4, 0.5) is 13.2 Å². The third-order valence-corrected chi connectivity index (χ3v) is 20.4. The smallest absolute Gasteiger partial charge is 0.343 e. The number of rotatable bonds is 11. The lowest BCUT2D eigenvalue weighted by Crippen LogP contribution is -2.65. The minimum Gasteiger partial charge on any atom is -0.343 e. The molecule has 3 aliphatic heterocycles. The van der Waals surface area contributed by atoms with Gasteiger partial charge in [0.05, 0.1) is 36.6 Å². The average Bonchev–Trinajstić information content (AvgIpc) is 1.75. The van der Waals surface area contributed by atoms with Crippen molar-refractivity contribution in [1.29, 1.82) is 0 Å². The highest BCUT2D eigenvalue weighted by molar-refractivity contribution is 6.31. The van der Waals surface area contributed by atoms with Crippen molar-refractivity contribution in [2.24, 2.45) is 17.8 Å². The Labute approximate surface area is 585 Å². The van der Waals surface area contributed by atoms with Crippen LogP contribution in [-0.4, -0.2) is 251 Å². The first-order valence-corrected chi connectivity index (χ1v) is 35.0. The predicted molar refractivity (Wildman–Crippen MR) is 366 cm³/mol. The number of aryl methyl sites for hydroxylation is 2. The van der Waals surface area contributed by atoms with Crippen LogP contribution >= 0.6 is 11.6 Å². The molecule has 0 unspecified atom stereocenters. The van der Waals surface area contributed by atoms with Crippen LogP contribution in [0.3, 0.4) is 0 Å². The molecule has 4 fully saturated rings. The molecular weight excluding hydrogens is 1310 g/mol. The zero-order chi connectivity index (χ0) is 73.7. The van der Waals surface area contributed by atoms with Crippen LogP contribution in [0.25, 0.3) is 0 Å². The SMILES string of the molecule is CC[C@H](C)[C@@H]1NC(=O)[C@H](CC(C)C)N(C)C(=O)C[C@@H](C(=O)N2CCCCC2)N(C)C(=O)[C@H](C(C)C)N(C)C(=O)C2(CCCC2)NC(=O)[C@@H]2CCCN2C(=O)[C@H](CCc2ccc(C(F)(F)F)c(Cl)c2)NC(=O)CN(C)C(=O)[C@H](Cc2cccc(C)c2)N(C)C(=O)CN(C)C(=O)CN(C)C1=O. The van der Waals surface area contributed by atoms with Crippen molar-refractivity contribution in [2.75, 3.05) is 88.6 Å². The van der Waals surface area contributed by atoms with Gasteiger partial charge in [-0.2, -0.15) is 13.2 Å². The maximum absolute atomic E-state index is 15.4. The number of fused-ring (bicyclic) bond motifs is 1. The fraction of sp³-hybridized carbons (Fsp3) is 0.662. The Kier molecular flexibility index (Phi) is 28.3. The molecule has 4 aliphatic rings. The minimum absolute atomic E-state index is 0.0153. The molecule has 0 aromatic heterocycles. The number of nitrogens with one attached hydrogen (secondary N) is 3. The topological polar surface area (TPSA) is 270 Å². The number of carbonyl (C=O) groups excluding carboxylic acids is 12. The van der Waals surface area contributed by atoms with Gasteiger partial charge in [0.1, 0.15) is 47.8 Å². The molecule has 28 heteroatoms. The Bertz CT molecular complexity index is 3290. The number of hydrogen-bond donors (Lipinski definition) is 3. The van der Waals surface area contributed by atoms with Crippen LogP contribution in [0.5, 0.6) is 0 Å². The van der Waals surface area contributed by atoms with Crippen LogP contribution in [0, 0.1) is 24.7 Å². The molecular formula is C71H104ClF3N12O12. The number of hydrogen-bond acceptors (Lipinski definition) is 12. The Hall–Kier alpha value is -7.84. The summed E-state index contributed by atoms with van der Waals surface area (Å²) in [6, 6.07) is 1.24. The number of amides is 12. The molecule has 8 atom stereocenters. The highest BCUT2D eigenvalue weighted by atomic mass is 35.5. The van der Waals surface area contributed by atoms with Crippen molar-refractivity contribution < 1.29 is 70.7 Å². The maximum Gasteiger partial charge on any atom is 0.417 e. The molecule has 2 aromatic carbocycles. The number of piperidine rings is 1. The van der Waals surface area contributed by atoms with Crippen LogP contribution in [0.1, 0.15) is 147 Å². The molecule has 1 spiro atoms. The quantitative estimate of drug-likeness (QED) is 0.266. The van der Waals surface area contributed by atoms with E-state index < -0.39 is 173 Å². The molecule has 0 bridgehead atoms. The van der Waals surface area contributed by atoms with Gasteiger partial charge < -0.3 is 60.0 Å². The first kappa shape index (κ1) is 80.1. The van der Waals surface area contributed by atoms with Crippen molar-refractivity contribution in [3.05, 3.63) is 69.7 Å². The molecule has 12 amide bonds. The van der Waals surface area contributed by atoms with Crippen molar-refractivity contribution >= 4 is 82.5 Å². The van der Waals surface area contributed by atoms with E-state index in [9.17, 15) is 51.5 Å². The Morgan fingerprint density at radius 2 is 1.27 bits per heavy atom. The van der Waals surface area contributed by atoms with Gasteiger partial charge in [-0.3, -0.25) is 57.5 Å². The second-order valence-corrected chi connectivity index (χ2v) is 28.9. The van der Waals surface area contributed by atoms with Gasteiger partial charge in [0.25, 0.3) is 0 Å². The highest BCUT2D eigenvalue weighted by Crippen LogP contribution is 2.37. The lowest BCUT2D eigenvalue weighted by Gasteiger charge is -2.42. The summed E-state index contributed by atoms with van der Waals surface area (Å²) in [5.41, 5.74) is -0.909. The molecule has 99 heavy (non-hydrogen) atoms. The molecule has 24 nitrogen and oxygen atoms in total. The minimum atomic E-state index is -4.77. The molecule has 2 aromatic rings. The van der Waals surface area contributed by atoms with Crippen LogP contribution < -0.4 is 16.0 Å². The molecule has 1 aliphatic carbocycles. The molecule has 0 radical (unpaired) electrons. The van der Waals surface area contributed by atoms with Gasteiger partial charge >= 0.3 is 6.18 Å². The van der Waals surface area contributed by atoms with E-state index >= 15 is 19.2 Å². The molecule has 6 rings (SSSR count). The van der Waals surface area contributed by atoms with Gasteiger partial charge in [-0.15, -0.1) is 0 Å². The van der Waals surface area contributed by atoms with E-state index in [1.165, 1.54) is 75.0 Å². The van der Waals surface area contributed by atoms with Gasteiger partial charge in [-0.25, -0.2) is 0 Å². The highest BCUT2D eigenvalue weighted by Gasteiger charge is 2.51. The summed E-state index contributed by atoms with van der Waals surface area (Å²) in [6.07, 6.45) is -1.30. The fourth-order valence-electron chi connectivity index (χ4n) is 13.9. The summed E-state index contributed by atoms with van der Waals surface area (Å²) < 4.78 is 41.5. The molecule has 3 saturated heterocycles. The fourth-order valence-corrected chi connectivity index (χ4v) is 14.2. The first-order valence-electron chi connectivity index (χ1n) is 34.6. The third-order valence-electron chi connectivity index (χ3n) is 20.1. The van der Waals surface area contributed by atoms with Gasteiger partial charge in [-0.05, 0) is 112 Å². The summed E-state index contributed by atoms with van der Waals surface area (Å²) in [4.78, 5) is 189. The zero-order valence-electron chi connectivity index (χ0n) is 60.1. The normalized spacial score (nSPS) is 24.9. The van der Waals surface area contributed by atoms with Crippen LogP contribution in [0.2, 0.25) is 5.02 Å². The number of likely N-dealkylation sites (tertiary alicyclic amines) is 1. The maximum atomic E-state index is 15.4. The Morgan fingerprint density at radius 1 is 0.646 bits per heavy atom. The number of alkyl halides is 3. The number of benzene rings is 2. The van der Waals surface area contributed by atoms with E-state index in [2.05, 4.69) is 16.0 Å². The van der Waals surface area contributed by atoms with Crippen LogP contribution in [0.15, 0.2) is 42.5 Å². The van der Waals surface area contributed by atoms with E-state index in [1.54, 1.807) is 37.8 Å². The van der Waals surface area contributed by atoms with Gasteiger partial charge in [0.15, 0.2) is 0 Å². The predicted octanol–water partition coefficient (Wildman–Crippen LogP) is 5.08. The number of likely N-dealkylation sites (N-methyl/N-ethyl adjacent to an activating group) is 7. The lowest BCUT2D eigenvalue weighted by atomic mass is 9.91. The molecule has 1 saturated carbocycles. The standard InChI is InChI=1S/C71H104ClF3N12O12/c1-15-46(7)60-67(97)81(10)41-58(90)79(8)42-59(91)83(12)54(38-48-24-21-23-45(6)36-48)65(95)80(9)40-56(88)76-51(29-27-47-26-28-49(50(72)37-47)71(73,74)75)64(94)87-34-22-25-52(87)63(93)78-70(30-17-18-31-70)69(99)85(14)61(44(4)5)68(98)84(13)55(66(96)86-32-19-16-20-33-86)39-57(89)82(11)53(35-43(2)3)62(92)77-60/h21,23-24,26,28,36-37,43-44,46,51-55,60-61H,15-20,22,25,27,29-35,38-42H2,1-14H3,(H,76,88)(H,77,92)(H,78,93)/t46-,51-,52-,53-,54-,55-,60-,61-/m0/s1. The van der Waals surface area contributed by atoms with Crippen LogP contribution in [-0.2, 0) is 76.6 Å². The van der Waals surface area contributed by atoms with E-state index in [0.717, 1.165) is 43.7 Å². The first-order chi connectivity index (χ1) is 46.4. The lowest BCUT2D eigenvalue weighted by molar-refractivity contribution is -0.156. The monoisotopic (exact) mass is 1410 g/mol. The number of carbonyl (C=O) groups is 12. The summed E-state index contributed by atoms with van der Waals surface area (Å²) in [5, 5.41) is 8.03. The summed E-state index contributed by atoms with van der Waals surface area (Å²) in [6.45, 7) is 11.5. The van der Waals surface area contributed by atoms with E-state index in [-0.39, 0.29) is 63.0 Å². The summed E-state index contributed by atoms with van der Waals surface area (Å²) in [7, 11) is 9.68.